The first kappa shape index (κ1) is 14.4. The molecule has 0 radical (unpaired) electrons. The Bertz CT molecular complexity index is 502. The SMILES string of the molecule is CCNC(=O)[C@H](C)NC(=O)N[C@H]1CCc2ccccc21. The van der Waals surface area contributed by atoms with Crippen LogP contribution in [0.15, 0.2) is 24.3 Å². The van der Waals surface area contributed by atoms with Crippen molar-refractivity contribution in [3.05, 3.63) is 35.4 Å². The van der Waals surface area contributed by atoms with E-state index in [1.165, 1.54) is 11.1 Å². The topological polar surface area (TPSA) is 70.2 Å². The fourth-order valence-corrected chi connectivity index (χ4v) is 2.50. The Morgan fingerprint density at radius 3 is 2.85 bits per heavy atom. The number of rotatable bonds is 4. The van der Waals surface area contributed by atoms with Crippen LogP contribution in [0.5, 0.6) is 0 Å². The Balaban J connectivity index is 1.88. The Morgan fingerprint density at radius 2 is 2.10 bits per heavy atom. The minimum absolute atomic E-state index is 0.0348. The third-order valence-corrected chi connectivity index (χ3v) is 3.53. The number of urea groups is 1. The summed E-state index contributed by atoms with van der Waals surface area (Å²) in [5, 5.41) is 8.27. The average Bonchev–Trinajstić information content (AvgIpc) is 2.82. The highest BCUT2D eigenvalue weighted by Gasteiger charge is 2.24. The molecule has 0 saturated heterocycles. The smallest absolute Gasteiger partial charge is 0.315 e. The molecule has 0 aliphatic heterocycles. The average molecular weight is 275 g/mol. The van der Waals surface area contributed by atoms with Gasteiger partial charge in [0.15, 0.2) is 0 Å². The van der Waals surface area contributed by atoms with Gasteiger partial charge in [0.25, 0.3) is 0 Å². The van der Waals surface area contributed by atoms with E-state index in [2.05, 4.69) is 22.0 Å². The highest BCUT2D eigenvalue weighted by Crippen LogP contribution is 2.30. The number of hydrogen-bond donors (Lipinski definition) is 3. The molecule has 0 aromatic heterocycles. The zero-order valence-electron chi connectivity index (χ0n) is 11.9. The van der Waals surface area contributed by atoms with Crippen molar-refractivity contribution < 1.29 is 9.59 Å². The highest BCUT2D eigenvalue weighted by atomic mass is 16.2. The van der Waals surface area contributed by atoms with E-state index in [-0.39, 0.29) is 18.0 Å². The maximum absolute atomic E-state index is 11.9. The molecule has 0 saturated carbocycles. The van der Waals surface area contributed by atoms with Crippen molar-refractivity contribution >= 4 is 11.9 Å². The van der Waals surface area contributed by atoms with Crippen LogP contribution in [0.2, 0.25) is 0 Å². The molecule has 1 aliphatic rings. The van der Waals surface area contributed by atoms with Gasteiger partial charge in [-0.3, -0.25) is 4.79 Å². The first-order valence-corrected chi connectivity index (χ1v) is 7.04. The predicted octanol–water partition coefficient (Wildman–Crippen LogP) is 1.50. The fourth-order valence-electron chi connectivity index (χ4n) is 2.50. The van der Waals surface area contributed by atoms with Crippen LogP contribution in [0.4, 0.5) is 4.79 Å². The fraction of sp³-hybridized carbons (Fsp3) is 0.467. The molecule has 5 heteroatoms. The Morgan fingerprint density at radius 1 is 1.35 bits per heavy atom. The molecule has 3 amide bonds. The largest absolute Gasteiger partial charge is 0.355 e. The summed E-state index contributed by atoms with van der Waals surface area (Å²) in [4.78, 5) is 23.5. The molecule has 0 unspecified atom stereocenters. The van der Waals surface area contributed by atoms with Crippen LogP contribution in [0.3, 0.4) is 0 Å². The minimum atomic E-state index is -0.536. The molecular weight excluding hydrogens is 254 g/mol. The number of nitrogens with one attached hydrogen (secondary N) is 3. The second kappa shape index (κ2) is 6.41. The van der Waals surface area contributed by atoms with E-state index >= 15 is 0 Å². The molecule has 5 nitrogen and oxygen atoms in total. The Kier molecular flexibility index (Phi) is 4.61. The van der Waals surface area contributed by atoms with Crippen LogP contribution in [-0.2, 0) is 11.2 Å². The molecule has 108 valence electrons. The van der Waals surface area contributed by atoms with Gasteiger partial charge in [0.05, 0.1) is 6.04 Å². The van der Waals surface area contributed by atoms with Crippen LogP contribution >= 0.6 is 0 Å². The van der Waals surface area contributed by atoms with Crippen LogP contribution in [0, 0.1) is 0 Å². The van der Waals surface area contributed by atoms with Crippen LogP contribution in [0.1, 0.15) is 37.4 Å². The first-order valence-electron chi connectivity index (χ1n) is 7.04. The van der Waals surface area contributed by atoms with Gasteiger partial charge in [0.2, 0.25) is 5.91 Å². The van der Waals surface area contributed by atoms with Crippen molar-refractivity contribution in [3.63, 3.8) is 0 Å². The second-order valence-corrected chi connectivity index (χ2v) is 5.02. The number of amides is 3. The summed E-state index contributed by atoms with van der Waals surface area (Å²) < 4.78 is 0. The summed E-state index contributed by atoms with van der Waals surface area (Å²) in [6, 6.07) is 7.32. The van der Waals surface area contributed by atoms with Gasteiger partial charge in [-0.2, -0.15) is 0 Å². The molecule has 3 N–H and O–H groups in total. The van der Waals surface area contributed by atoms with Gasteiger partial charge < -0.3 is 16.0 Å². The van der Waals surface area contributed by atoms with E-state index in [9.17, 15) is 9.59 Å². The highest BCUT2D eigenvalue weighted by molar-refractivity contribution is 5.86. The predicted molar refractivity (Wildman–Crippen MR) is 77.3 cm³/mol. The quantitative estimate of drug-likeness (QED) is 0.779. The zero-order valence-corrected chi connectivity index (χ0v) is 11.9. The third-order valence-electron chi connectivity index (χ3n) is 3.53. The van der Waals surface area contributed by atoms with E-state index in [0.717, 1.165) is 12.8 Å². The van der Waals surface area contributed by atoms with E-state index in [0.29, 0.717) is 6.54 Å². The molecule has 0 spiro atoms. The maximum atomic E-state index is 11.9. The Hall–Kier alpha value is -2.04. The van der Waals surface area contributed by atoms with E-state index in [4.69, 9.17) is 0 Å². The number of aryl methyl sites for hydroxylation is 1. The normalized spacial score (nSPS) is 18.0. The maximum Gasteiger partial charge on any atom is 0.315 e. The molecule has 2 rings (SSSR count). The number of fused-ring (bicyclic) bond motifs is 1. The molecular formula is C15H21N3O2. The molecule has 20 heavy (non-hydrogen) atoms. The Labute approximate surface area is 119 Å². The van der Waals surface area contributed by atoms with E-state index in [1.54, 1.807) is 6.92 Å². The standard InChI is InChI=1S/C15H21N3O2/c1-3-16-14(19)10(2)17-15(20)18-13-9-8-11-6-4-5-7-12(11)13/h4-7,10,13H,3,8-9H2,1-2H3,(H,16,19)(H2,17,18,20)/t10-,13-/m0/s1. The van der Waals surface area contributed by atoms with E-state index in [1.807, 2.05) is 25.1 Å². The molecule has 0 bridgehead atoms. The number of carbonyl (C=O) groups is 2. The van der Waals surface area contributed by atoms with Crippen molar-refractivity contribution in [2.45, 2.75) is 38.8 Å². The molecule has 1 aliphatic carbocycles. The van der Waals surface area contributed by atoms with Crippen molar-refractivity contribution in [2.24, 2.45) is 0 Å². The number of hydrogen-bond acceptors (Lipinski definition) is 2. The molecule has 0 heterocycles. The lowest BCUT2D eigenvalue weighted by Gasteiger charge is -2.18. The molecule has 1 aromatic carbocycles. The lowest BCUT2D eigenvalue weighted by atomic mass is 10.1. The first-order chi connectivity index (χ1) is 9.61. The van der Waals surface area contributed by atoms with Gasteiger partial charge in [-0.05, 0) is 37.8 Å². The summed E-state index contributed by atoms with van der Waals surface area (Å²) >= 11 is 0. The number of likely N-dealkylation sites (N-methyl/N-ethyl adjacent to an activating group) is 1. The number of carbonyl (C=O) groups excluding carboxylic acids is 2. The second-order valence-electron chi connectivity index (χ2n) is 5.02. The van der Waals surface area contributed by atoms with Crippen LogP contribution in [-0.4, -0.2) is 24.5 Å². The van der Waals surface area contributed by atoms with Crippen molar-refractivity contribution in [1.29, 1.82) is 0 Å². The monoisotopic (exact) mass is 275 g/mol. The lowest BCUT2D eigenvalue weighted by molar-refractivity contribution is -0.122. The van der Waals surface area contributed by atoms with Gasteiger partial charge in [-0.1, -0.05) is 24.3 Å². The lowest BCUT2D eigenvalue weighted by Crippen LogP contribution is -2.48. The third kappa shape index (κ3) is 3.29. The number of benzene rings is 1. The summed E-state index contributed by atoms with van der Waals surface area (Å²) in [5.41, 5.74) is 2.46. The molecule has 0 fully saturated rings. The van der Waals surface area contributed by atoms with Gasteiger partial charge >= 0.3 is 6.03 Å². The van der Waals surface area contributed by atoms with Gasteiger partial charge in [0.1, 0.15) is 6.04 Å². The molecule has 2 atom stereocenters. The summed E-state index contributed by atoms with van der Waals surface area (Å²) in [7, 11) is 0. The van der Waals surface area contributed by atoms with Crippen molar-refractivity contribution in [2.75, 3.05) is 6.54 Å². The molecule has 1 aromatic rings. The van der Waals surface area contributed by atoms with Crippen molar-refractivity contribution in [3.8, 4) is 0 Å². The van der Waals surface area contributed by atoms with Crippen LogP contribution < -0.4 is 16.0 Å². The zero-order chi connectivity index (χ0) is 14.5. The summed E-state index contributed by atoms with van der Waals surface area (Å²) in [5.74, 6) is -0.172. The minimum Gasteiger partial charge on any atom is -0.355 e. The summed E-state index contributed by atoms with van der Waals surface area (Å²) in [6.45, 7) is 4.08. The van der Waals surface area contributed by atoms with E-state index < -0.39 is 6.04 Å². The van der Waals surface area contributed by atoms with Gasteiger partial charge in [-0.25, -0.2) is 4.79 Å². The van der Waals surface area contributed by atoms with Gasteiger partial charge in [-0.15, -0.1) is 0 Å². The van der Waals surface area contributed by atoms with Gasteiger partial charge in [0, 0.05) is 6.54 Å². The summed E-state index contributed by atoms with van der Waals surface area (Å²) in [6.07, 6.45) is 1.88. The van der Waals surface area contributed by atoms with Crippen molar-refractivity contribution in [1.82, 2.24) is 16.0 Å². The van der Waals surface area contributed by atoms with Crippen LogP contribution in [0.25, 0.3) is 0 Å².